The summed E-state index contributed by atoms with van der Waals surface area (Å²) in [6, 6.07) is 0. The largest absolute Gasteiger partial charge is 0.474 e. The Balaban J connectivity index is 2.21. The molecule has 1 saturated carbocycles. The molecule has 2 rings (SSSR count). The van der Waals surface area contributed by atoms with Crippen LogP contribution in [0.25, 0.3) is 0 Å². The predicted molar refractivity (Wildman–Crippen MR) is 64.0 cm³/mol. The van der Waals surface area contributed by atoms with Crippen molar-refractivity contribution in [3.8, 4) is 5.88 Å². The summed E-state index contributed by atoms with van der Waals surface area (Å²) in [5, 5.41) is 0.512. The van der Waals surface area contributed by atoms with E-state index in [9.17, 15) is 0 Å². The normalized spacial score (nSPS) is 17.0. The minimum absolute atomic E-state index is 0.283. The van der Waals surface area contributed by atoms with Crippen LogP contribution in [0.5, 0.6) is 5.88 Å². The molecule has 3 nitrogen and oxygen atoms in total. The van der Waals surface area contributed by atoms with Gasteiger partial charge in [-0.15, -0.1) is 0 Å². The van der Waals surface area contributed by atoms with Gasteiger partial charge in [-0.2, -0.15) is 0 Å². The SMILES string of the molecule is CC(C)c1c(Cl)ncnc1OC1CCCC1. The fraction of sp³-hybridized carbons (Fsp3) is 0.667. The Bertz CT molecular complexity index is 362. The highest BCUT2D eigenvalue weighted by Crippen LogP contribution is 2.32. The van der Waals surface area contributed by atoms with E-state index < -0.39 is 0 Å². The van der Waals surface area contributed by atoms with Gasteiger partial charge in [0.15, 0.2) is 0 Å². The van der Waals surface area contributed by atoms with Crippen LogP contribution in [0.2, 0.25) is 5.15 Å². The average Bonchev–Trinajstić information content (AvgIpc) is 2.70. The van der Waals surface area contributed by atoms with E-state index in [2.05, 4.69) is 23.8 Å². The second-order valence-corrected chi connectivity index (χ2v) is 4.92. The van der Waals surface area contributed by atoms with Gasteiger partial charge in [-0.05, 0) is 31.6 Å². The number of halogens is 1. The van der Waals surface area contributed by atoms with E-state index in [4.69, 9.17) is 16.3 Å². The maximum atomic E-state index is 6.08. The Hall–Kier alpha value is -0.830. The zero-order valence-corrected chi connectivity index (χ0v) is 10.5. The van der Waals surface area contributed by atoms with Crippen LogP contribution in [0.1, 0.15) is 51.0 Å². The standard InChI is InChI=1S/C12H17ClN2O/c1-8(2)10-11(13)14-7-15-12(10)16-9-5-3-4-6-9/h7-9H,3-6H2,1-2H3. The Morgan fingerprint density at radius 2 is 2.00 bits per heavy atom. The van der Waals surface area contributed by atoms with Gasteiger partial charge in [-0.3, -0.25) is 0 Å². The molecule has 4 heteroatoms. The lowest BCUT2D eigenvalue weighted by Crippen LogP contribution is -2.14. The quantitative estimate of drug-likeness (QED) is 0.758. The third kappa shape index (κ3) is 2.46. The summed E-state index contributed by atoms with van der Waals surface area (Å²) < 4.78 is 5.91. The van der Waals surface area contributed by atoms with Gasteiger partial charge in [0.1, 0.15) is 17.6 Å². The molecular formula is C12H17ClN2O. The summed E-state index contributed by atoms with van der Waals surface area (Å²) in [5.74, 6) is 0.951. The lowest BCUT2D eigenvalue weighted by atomic mass is 10.1. The van der Waals surface area contributed by atoms with Crippen molar-refractivity contribution in [3.05, 3.63) is 17.0 Å². The minimum atomic E-state index is 0.283. The van der Waals surface area contributed by atoms with Crippen molar-refractivity contribution in [2.75, 3.05) is 0 Å². The van der Waals surface area contributed by atoms with Crippen molar-refractivity contribution in [2.24, 2.45) is 0 Å². The van der Waals surface area contributed by atoms with E-state index in [1.165, 1.54) is 19.2 Å². The zero-order chi connectivity index (χ0) is 11.5. The molecule has 1 aliphatic rings. The van der Waals surface area contributed by atoms with Crippen LogP contribution in [0, 0.1) is 0 Å². The van der Waals surface area contributed by atoms with Gasteiger partial charge in [-0.25, -0.2) is 9.97 Å². The summed E-state index contributed by atoms with van der Waals surface area (Å²) in [5.41, 5.74) is 0.927. The zero-order valence-electron chi connectivity index (χ0n) is 9.74. The molecular weight excluding hydrogens is 224 g/mol. The topological polar surface area (TPSA) is 35.0 Å². The van der Waals surface area contributed by atoms with E-state index in [0.29, 0.717) is 17.1 Å². The number of hydrogen-bond acceptors (Lipinski definition) is 3. The fourth-order valence-electron chi connectivity index (χ4n) is 2.10. The molecule has 0 unspecified atom stereocenters. The fourth-order valence-corrected chi connectivity index (χ4v) is 2.45. The van der Waals surface area contributed by atoms with Gasteiger partial charge in [0.2, 0.25) is 5.88 Å². The Labute approximate surface area is 101 Å². The van der Waals surface area contributed by atoms with Crippen LogP contribution in [0.3, 0.4) is 0 Å². The van der Waals surface area contributed by atoms with Crippen LogP contribution in [0.4, 0.5) is 0 Å². The first-order chi connectivity index (χ1) is 7.68. The van der Waals surface area contributed by atoms with Gasteiger partial charge >= 0.3 is 0 Å². The lowest BCUT2D eigenvalue weighted by molar-refractivity contribution is 0.198. The van der Waals surface area contributed by atoms with Crippen molar-refractivity contribution in [1.29, 1.82) is 0 Å². The molecule has 0 spiro atoms. The highest BCUT2D eigenvalue weighted by atomic mass is 35.5. The highest BCUT2D eigenvalue weighted by molar-refractivity contribution is 6.30. The van der Waals surface area contributed by atoms with Crippen LogP contribution in [-0.4, -0.2) is 16.1 Å². The Morgan fingerprint density at radius 1 is 1.31 bits per heavy atom. The maximum Gasteiger partial charge on any atom is 0.221 e. The molecule has 1 heterocycles. The van der Waals surface area contributed by atoms with E-state index in [1.807, 2.05) is 0 Å². The summed E-state index contributed by atoms with van der Waals surface area (Å²) >= 11 is 6.08. The van der Waals surface area contributed by atoms with Crippen molar-refractivity contribution < 1.29 is 4.74 Å². The third-order valence-corrected chi connectivity index (χ3v) is 3.26. The first-order valence-corrected chi connectivity index (χ1v) is 6.23. The molecule has 1 fully saturated rings. The Kier molecular flexibility index (Phi) is 3.64. The maximum absolute atomic E-state index is 6.08. The van der Waals surface area contributed by atoms with E-state index in [1.54, 1.807) is 0 Å². The van der Waals surface area contributed by atoms with Gasteiger partial charge in [0.05, 0.1) is 5.56 Å². The predicted octanol–water partition coefficient (Wildman–Crippen LogP) is 3.57. The number of nitrogens with zero attached hydrogens (tertiary/aromatic N) is 2. The molecule has 88 valence electrons. The second-order valence-electron chi connectivity index (χ2n) is 4.56. The van der Waals surface area contributed by atoms with Gasteiger partial charge in [-0.1, -0.05) is 25.4 Å². The number of aromatic nitrogens is 2. The van der Waals surface area contributed by atoms with Crippen LogP contribution in [0.15, 0.2) is 6.33 Å². The third-order valence-electron chi connectivity index (χ3n) is 2.96. The molecule has 1 aromatic rings. The second kappa shape index (κ2) is 5.00. The Morgan fingerprint density at radius 3 is 2.62 bits per heavy atom. The van der Waals surface area contributed by atoms with Gasteiger partial charge in [0.25, 0.3) is 0 Å². The summed E-state index contributed by atoms with van der Waals surface area (Å²) in [4.78, 5) is 8.22. The first kappa shape index (κ1) is 11.6. The molecule has 0 N–H and O–H groups in total. The van der Waals surface area contributed by atoms with Crippen LogP contribution >= 0.6 is 11.6 Å². The van der Waals surface area contributed by atoms with E-state index >= 15 is 0 Å². The van der Waals surface area contributed by atoms with E-state index in [0.717, 1.165) is 18.4 Å². The molecule has 0 aliphatic heterocycles. The van der Waals surface area contributed by atoms with E-state index in [-0.39, 0.29) is 5.92 Å². The molecule has 0 radical (unpaired) electrons. The lowest BCUT2D eigenvalue weighted by Gasteiger charge is -2.17. The number of rotatable bonds is 3. The van der Waals surface area contributed by atoms with Gasteiger partial charge < -0.3 is 4.74 Å². The molecule has 1 aromatic heterocycles. The van der Waals surface area contributed by atoms with Gasteiger partial charge in [0, 0.05) is 0 Å². The molecule has 0 bridgehead atoms. The average molecular weight is 241 g/mol. The summed E-state index contributed by atoms with van der Waals surface area (Å²) in [6.07, 6.45) is 6.53. The summed E-state index contributed by atoms with van der Waals surface area (Å²) in [6.45, 7) is 4.15. The number of hydrogen-bond donors (Lipinski definition) is 0. The highest BCUT2D eigenvalue weighted by Gasteiger charge is 2.21. The smallest absolute Gasteiger partial charge is 0.221 e. The molecule has 1 aliphatic carbocycles. The van der Waals surface area contributed by atoms with Crippen molar-refractivity contribution in [3.63, 3.8) is 0 Å². The molecule has 0 aromatic carbocycles. The monoisotopic (exact) mass is 240 g/mol. The van der Waals surface area contributed by atoms with Crippen LogP contribution in [-0.2, 0) is 0 Å². The first-order valence-electron chi connectivity index (χ1n) is 5.85. The van der Waals surface area contributed by atoms with Crippen molar-refractivity contribution >= 4 is 11.6 Å². The molecule has 0 amide bonds. The summed E-state index contributed by atoms with van der Waals surface area (Å²) in [7, 11) is 0. The number of ether oxygens (including phenoxy) is 1. The minimum Gasteiger partial charge on any atom is -0.474 e. The van der Waals surface area contributed by atoms with Crippen molar-refractivity contribution in [1.82, 2.24) is 9.97 Å². The molecule has 16 heavy (non-hydrogen) atoms. The van der Waals surface area contributed by atoms with Crippen molar-refractivity contribution in [2.45, 2.75) is 51.6 Å². The molecule has 0 atom stereocenters. The van der Waals surface area contributed by atoms with Crippen LogP contribution < -0.4 is 4.74 Å². The molecule has 0 saturated heterocycles.